The predicted octanol–water partition coefficient (Wildman–Crippen LogP) is -0.794. The molecule has 0 unspecified atom stereocenters. The van der Waals surface area contributed by atoms with Crippen molar-refractivity contribution in [2.45, 2.75) is 6.42 Å². The molecule has 1 aliphatic heterocycles. The van der Waals surface area contributed by atoms with Gasteiger partial charge in [0.1, 0.15) is 0 Å². The van der Waals surface area contributed by atoms with Gasteiger partial charge < -0.3 is 9.47 Å². The highest BCUT2D eigenvalue weighted by molar-refractivity contribution is 6.10. The van der Waals surface area contributed by atoms with E-state index in [2.05, 4.69) is 9.47 Å². The number of carbonyl (C=O) groups excluding carboxylic acids is 3. The average molecular weight is 229 g/mol. The van der Waals surface area contributed by atoms with E-state index in [9.17, 15) is 24.5 Å². The molecule has 0 fully saturated rings. The minimum absolute atomic E-state index is 0.115. The van der Waals surface area contributed by atoms with Gasteiger partial charge >= 0.3 is 17.9 Å². The third kappa shape index (κ3) is 3.48. The molecule has 0 N–H and O–H groups in total. The summed E-state index contributed by atoms with van der Waals surface area (Å²) in [5, 5.41) is 9.90. The van der Waals surface area contributed by atoms with Crippen LogP contribution in [0.2, 0.25) is 0 Å². The summed E-state index contributed by atoms with van der Waals surface area (Å²) in [4.78, 5) is 41.8. The molecule has 0 aromatic rings. The summed E-state index contributed by atoms with van der Waals surface area (Å²) in [6.07, 6.45) is 0.458. The van der Waals surface area contributed by atoms with Crippen LogP contribution >= 0.6 is 0 Å². The third-order valence-electron chi connectivity index (χ3n) is 1.62. The van der Waals surface area contributed by atoms with Gasteiger partial charge in [-0.3, -0.25) is 14.9 Å². The Bertz CT molecular complexity index is 384. The van der Waals surface area contributed by atoms with Crippen molar-refractivity contribution in [1.29, 1.82) is 0 Å². The standard InChI is InChI=1S/C8H7NO7/c10-6(15-2-1-9(13)14)3-5-4-7(11)16-8(5)12/h4H,1-3H2. The molecule has 8 nitrogen and oxygen atoms in total. The van der Waals surface area contributed by atoms with E-state index in [4.69, 9.17) is 0 Å². The Labute approximate surface area is 89.0 Å². The lowest BCUT2D eigenvalue weighted by Gasteiger charge is -2.00. The summed E-state index contributed by atoms with van der Waals surface area (Å²) in [5.74, 6) is -2.55. The normalized spacial score (nSPS) is 14.4. The van der Waals surface area contributed by atoms with Crippen LogP contribution in [-0.2, 0) is 23.9 Å². The van der Waals surface area contributed by atoms with Crippen molar-refractivity contribution in [3.8, 4) is 0 Å². The number of rotatable bonds is 5. The van der Waals surface area contributed by atoms with E-state index in [1.165, 1.54) is 0 Å². The van der Waals surface area contributed by atoms with Crippen molar-refractivity contribution in [3.05, 3.63) is 21.8 Å². The molecule has 8 heteroatoms. The van der Waals surface area contributed by atoms with Gasteiger partial charge in [-0.25, -0.2) is 9.59 Å². The number of hydrogen-bond acceptors (Lipinski definition) is 7. The molecule has 0 radical (unpaired) electrons. The van der Waals surface area contributed by atoms with Crippen LogP contribution in [-0.4, -0.2) is 36.0 Å². The van der Waals surface area contributed by atoms with Crippen molar-refractivity contribution in [1.82, 2.24) is 0 Å². The van der Waals surface area contributed by atoms with Gasteiger partial charge in [0.05, 0.1) is 12.0 Å². The van der Waals surface area contributed by atoms with Crippen molar-refractivity contribution < 1.29 is 28.8 Å². The van der Waals surface area contributed by atoms with Crippen molar-refractivity contribution in [3.63, 3.8) is 0 Å². The van der Waals surface area contributed by atoms with Crippen LogP contribution in [0.5, 0.6) is 0 Å². The molecule has 0 saturated heterocycles. The SMILES string of the molecule is O=C1C=C(CC(=O)OCC[N+](=O)[O-])C(=O)O1. The molecule has 1 aliphatic rings. The Morgan fingerprint density at radius 3 is 2.69 bits per heavy atom. The summed E-state index contributed by atoms with van der Waals surface area (Å²) < 4.78 is 8.59. The zero-order chi connectivity index (χ0) is 12.1. The molecule has 1 heterocycles. The Morgan fingerprint density at radius 2 is 2.19 bits per heavy atom. The van der Waals surface area contributed by atoms with E-state index in [-0.39, 0.29) is 12.2 Å². The Hall–Kier alpha value is -2.25. The molecule has 0 aliphatic carbocycles. The van der Waals surface area contributed by atoms with E-state index in [1.807, 2.05) is 0 Å². The second kappa shape index (κ2) is 5.01. The Kier molecular flexibility index (Phi) is 3.70. The van der Waals surface area contributed by atoms with Gasteiger partial charge in [0.2, 0.25) is 6.54 Å². The van der Waals surface area contributed by atoms with E-state index < -0.39 is 35.8 Å². The minimum Gasteiger partial charge on any atom is -0.458 e. The molecule has 1 rings (SSSR count). The van der Waals surface area contributed by atoms with E-state index in [1.54, 1.807) is 0 Å². The molecular formula is C8H7NO7. The minimum atomic E-state index is -0.892. The summed E-state index contributed by atoms with van der Waals surface area (Å²) in [5.41, 5.74) is -0.115. The topological polar surface area (TPSA) is 113 Å². The predicted molar refractivity (Wildman–Crippen MR) is 46.6 cm³/mol. The van der Waals surface area contributed by atoms with Crippen molar-refractivity contribution in [2.75, 3.05) is 13.2 Å². The molecular weight excluding hydrogens is 222 g/mol. The van der Waals surface area contributed by atoms with Gasteiger partial charge in [0, 0.05) is 11.0 Å². The van der Waals surface area contributed by atoms with Gasteiger partial charge in [-0.15, -0.1) is 0 Å². The van der Waals surface area contributed by atoms with Crippen LogP contribution < -0.4 is 0 Å². The first-order valence-electron chi connectivity index (χ1n) is 4.23. The second-order valence-electron chi connectivity index (χ2n) is 2.83. The van der Waals surface area contributed by atoms with Gasteiger partial charge in [0.25, 0.3) is 0 Å². The number of carbonyl (C=O) groups is 3. The molecule has 0 aromatic heterocycles. The average Bonchev–Trinajstić information content (AvgIpc) is 2.44. The van der Waals surface area contributed by atoms with Gasteiger partial charge in [-0.2, -0.15) is 0 Å². The quantitative estimate of drug-likeness (QED) is 0.262. The molecule has 0 atom stereocenters. The third-order valence-corrected chi connectivity index (χ3v) is 1.62. The van der Waals surface area contributed by atoms with Crippen molar-refractivity contribution in [2.24, 2.45) is 0 Å². The van der Waals surface area contributed by atoms with Crippen LogP contribution in [0.1, 0.15) is 6.42 Å². The van der Waals surface area contributed by atoms with Gasteiger partial charge in [0.15, 0.2) is 6.61 Å². The molecule has 16 heavy (non-hydrogen) atoms. The monoisotopic (exact) mass is 229 g/mol. The van der Waals surface area contributed by atoms with E-state index in [0.717, 1.165) is 6.08 Å². The molecule has 0 spiro atoms. The van der Waals surface area contributed by atoms with Crippen LogP contribution in [0.25, 0.3) is 0 Å². The maximum absolute atomic E-state index is 11.0. The van der Waals surface area contributed by atoms with Crippen LogP contribution in [0, 0.1) is 10.1 Å². The molecule has 0 aromatic carbocycles. The maximum atomic E-state index is 11.0. The van der Waals surface area contributed by atoms with Gasteiger partial charge in [-0.1, -0.05) is 0 Å². The number of ether oxygens (including phenoxy) is 2. The first-order valence-corrected chi connectivity index (χ1v) is 4.23. The summed E-state index contributed by atoms with van der Waals surface area (Å²) in [7, 11) is 0. The maximum Gasteiger partial charge on any atom is 0.342 e. The first kappa shape index (κ1) is 11.8. The van der Waals surface area contributed by atoms with Crippen molar-refractivity contribution >= 4 is 17.9 Å². The van der Waals surface area contributed by atoms with Gasteiger partial charge in [-0.05, 0) is 0 Å². The summed E-state index contributed by atoms with van der Waals surface area (Å²) in [6, 6.07) is 0. The second-order valence-corrected chi connectivity index (χ2v) is 2.83. The summed E-state index contributed by atoms with van der Waals surface area (Å²) >= 11 is 0. The highest BCUT2D eigenvalue weighted by Gasteiger charge is 2.26. The Balaban J connectivity index is 2.35. The number of cyclic esters (lactones) is 2. The number of esters is 3. The van der Waals surface area contributed by atoms with E-state index in [0.29, 0.717) is 0 Å². The zero-order valence-corrected chi connectivity index (χ0v) is 8.00. The fraction of sp³-hybridized carbons (Fsp3) is 0.375. The smallest absolute Gasteiger partial charge is 0.342 e. The molecule has 0 bridgehead atoms. The fourth-order valence-corrected chi connectivity index (χ4v) is 0.951. The van der Waals surface area contributed by atoms with Crippen LogP contribution in [0.4, 0.5) is 0 Å². The largest absolute Gasteiger partial charge is 0.458 e. The molecule has 0 amide bonds. The first-order chi connectivity index (χ1) is 7.49. The van der Waals surface area contributed by atoms with Crippen LogP contribution in [0.3, 0.4) is 0 Å². The highest BCUT2D eigenvalue weighted by atomic mass is 16.6. The van der Waals surface area contributed by atoms with E-state index >= 15 is 0 Å². The molecule has 86 valence electrons. The number of nitrogens with zero attached hydrogens (tertiary/aromatic N) is 1. The van der Waals surface area contributed by atoms with Crippen LogP contribution in [0.15, 0.2) is 11.6 Å². The summed E-state index contributed by atoms with van der Waals surface area (Å²) in [6.45, 7) is -0.879. The Morgan fingerprint density at radius 1 is 1.50 bits per heavy atom. The lowest BCUT2D eigenvalue weighted by Crippen LogP contribution is -2.15. The fourth-order valence-electron chi connectivity index (χ4n) is 0.951. The lowest BCUT2D eigenvalue weighted by atomic mass is 10.2. The number of hydrogen-bond donors (Lipinski definition) is 0. The zero-order valence-electron chi connectivity index (χ0n) is 8.00. The number of nitro groups is 1. The lowest BCUT2D eigenvalue weighted by molar-refractivity contribution is -0.482. The molecule has 0 saturated carbocycles. The highest BCUT2D eigenvalue weighted by Crippen LogP contribution is 2.12.